The molecule has 2 aromatic carbocycles. The van der Waals surface area contributed by atoms with Gasteiger partial charge in [-0.3, -0.25) is 14.5 Å². The zero-order valence-electron chi connectivity index (χ0n) is 15.1. The minimum atomic E-state index is -0.687. The van der Waals surface area contributed by atoms with Gasteiger partial charge in [0, 0.05) is 19.4 Å². The number of benzene rings is 2. The third-order valence-corrected chi connectivity index (χ3v) is 5.24. The summed E-state index contributed by atoms with van der Waals surface area (Å²) in [6, 6.07) is 18.4. The number of carbonyl (C=O) groups excluding carboxylic acids is 2. The average Bonchev–Trinajstić information content (AvgIpc) is 3.06. The van der Waals surface area contributed by atoms with Crippen LogP contribution in [-0.4, -0.2) is 42.4 Å². The lowest BCUT2D eigenvalue weighted by Gasteiger charge is -2.37. The number of nitrogens with zero attached hydrogens (tertiary/aromatic N) is 1. The minimum absolute atomic E-state index is 0.135. The molecule has 0 heterocycles. The Labute approximate surface area is 154 Å². The zero-order valence-corrected chi connectivity index (χ0v) is 15.1. The lowest BCUT2D eigenvalue weighted by atomic mass is 9.91. The second-order valence-electron chi connectivity index (χ2n) is 6.96. The summed E-state index contributed by atoms with van der Waals surface area (Å²) < 4.78 is 0. The normalized spacial score (nSPS) is 14.8. The first-order chi connectivity index (χ1) is 12.5. The van der Waals surface area contributed by atoms with Crippen LogP contribution in [0.25, 0.3) is 0 Å². The van der Waals surface area contributed by atoms with E-state index in [1.165, 1.54) is 16.7 Å². The third kappa shape index (κ3) is 3.78. The van der Waals surface area contributed by atoms with Crippen LogP contribution in [0.15, 0.2) is 54.6 Å². The van der Waals surface area contributed by atoms with Gasteiger partial charge in [-0.2, -0.15) is 0 Å². The van der Waals surface area contributed by atoms with Gasteiger partial charge in [0.1, 0.15) is 5.54 Å². The van der Waals surface area contributed by atoms with Crippen molar-refractivity contribution in [3.8, 4) is 0 Å². The fourth-order valence-corrected chi connectivity index (χ4v) is 3.69. The van der Waals surface area contributed by atoms with E-state index in [4.69, 9.17) is 5.73 Å². The molecule has 5 heteroatoms. The van der Waals surface area contributed by atoms with Gasteiger partial charge in [0.05, 0.1) is 6.54 Å². The van der Waals surface area contributed by atoms with Gasteiger partial charge in [-0.15, -0.1) is 0 Å². The summed E-state index contributed by atoms with van der Waals surface area (Å²) in [6.07, 6.45) is 2.14. The minimum Gasteiger partial charge on any atom is -0.368 e. The first kappa shape index (κ1) is 18.1. The molecule has 1 aliphatic rings. The lowest BCUT2D eigenvalue weighted by molar-refractivity contribution is -0.134. The maximum atomic E-state index is 13.0. The molecule has 0 atom stereocenters. The predicted octanol–water partition coefficient (Wildman–Crippen LogP) is 1.30. The van der Waals surface area contributed by atoms with Gasteiger partial charge in [-0.05, 0) is 30.2 Å². The molecule has 2 amide bonds. The molecule has 1 aliphatic carbocycles. The highest BCUT2D eigenvalue weighted by molar-refractivity contribution is 5.91. The SMILES string of the molecule is CN(CCc1ccccc1)C1(C(=O)NCC(N)=O)Cc2ccccc2C1. The third-order valence-electron chi connectivity index (χ3n) is 5.24. The highest BCUT2D eigenvalue weighted by Gasteiger charge is 2.46. The summed E-state index contributed by atoms with van der Waals surface area (Å²) in [5.41, 5.74) is 8.14. The Morgan fingerprint density at radius 3 is 2.19 bits per heavy atom. The van der Waals surface area contributed by atoms with E-state index in [1.54, 1.807) is 0 Å². The van der Waals surface area contributed by atoms with E-state index < -0.39 is 11.4 Å². The maximum Gasteiger partial charge on any atom is 0.241 e. The van der Waals surface area contributed by atoms with E-state index in [2.05, 4.69) is 34.5 Å². The number of rotatable bonds is 7. The number of carbonyl (C=O) groups is 2. The van der Waals surface area contributed by atoms with Crippen molar-refractivity contribution in [1.29, 1.82) is 0 Å². The van der Waals surface area contributed by atoms with Crippen LogP contribution < -0.4 is 11.1 Å². The van der Waals surface area contributed by atoms with Crippen LogP contribution >= 0.6 is 0 Å². The van der Waals surface area contributed by atoms with Crippen molar-refractivity contribution in [2.24, 2.45) is 5.73 Å². The number of likely N-dealkylation sites (N-methyl/N-ethyl adjacent to an activating group) is 1. The number of hydrogen-bond acceptors (Lipinski definition) is 3. The molecule has 0 radical (unpaired) electrons. The molecule has 0 spiro atoms. The van der Waals surface area contributed by atoms with Gasteiger partial charge in [-0.1, -0.05) is 54.6 Å². The van der Waals surface area contributed by atoms with Crippen molar-refractivity contribution in [2.75, 3.05) is 20.1 Å². The summed E-state index contributed by atoms with van der Waals surface area (Å²) in [4.78, 5) is 26.3. The Bertz CT molecular complexity index is 764. The van der Waals surface area contributed by atoms with Crippen molar-refractivity contribution in [3.05, 3.63) is 71.3 Å². The number of fused-ring (bicyclic) bond motifs is 1. The van der Waals surface area contributed by atoms with Crippen LogP contribution in [0, 0.1) is 0 Å². The molecule has 136 valence electrons. The van der Waals surface area contributed by atoms with Gasteiger partial charge < -0.3 is 11.1 Å². The van der Waals surface area contributed by atoms with Crippen LogP contribution in [-0.2, 0) is 28.9 Å². The van der Waals surface area contributed by atoms with Gasteiger partial charge in [0.2, 0.25) is 11.8 Å². The van der Waals surface area contributed by atoms with E-state index in [0.29, 0.717) is 12.8 Å². The highest BCUT2D eigenvalue weighted by atomic mass is 16.2. The zero-order chi connectivity index (χ0) is 18.6. The van der Waals surface area contributed by atoms with Gasteiger partial charge in [0.25, 0.3) is 0 Å². The van der Waals surface area contributed by atoms with Crippen molar-refractivity contribution in [3.63, 3.8) is 0 Å². The van der Waals surface area contributed by atoms with Crippen LogP contribution in [0.4, 0.5) is 0 Å². The first-order valence-corrected chi connectivity index (χ1v) is 8.90. The molecule has 0 saturated heterocycles. The van der Waals surface area contributed by atoms with E-state index in [1.807, 2.05) is 37.4 Å². The van der Waals surface area contributed by atoms with Crippen molar-refractivity contribution < 1.29 is 9.59 Å². The highest BCUT2D eigenvalue weighted by Crippen LogP contribution is 2.34. The smallest absolute Gasteiger partial charge is 0.241 e. The quantitative estimate of drug-likeness (QED) is 0.789. The molecule has 2 aromatic rings. The molecule has 0 aromatic heterocycles. The largest absolute Gasteiger partial charge is 0.368 e. The van der Waals surface area contributed by atoms with E-state index in [0.717, 1.165) is 13.0 Å². The Morgan fingerprint density at radius 1 is 1.04 bits per heavy atom. The number of amides is 2. The molecule has 0 unspecified atom stereocenters. The Morgan fingerprint density at radius 2 is 1.62 bits per heavy atom. The van der Waals surface area contributed by atoms with Crippen LogP contribution in [0.5, 0.6) is 0 Å². The number of primary amides is 1. The second kappa shape index (κ2) is 7.70. The molecule has 3 N–H and O–H groups in total. The van der Waals surface area contributed by atoms with Crippen LogP contribution in [0.2, 0.25) is 0 Å². The van der Waals surface area contributed by atoms with Gasteiger partial charge in [0.15, 0.2) is 0 Å². The summed E-state index contributed by atoms with van der Waals surface area (Å²) in [5.74, 6) is -0.668. The molecule has 0 bridgehead atoms. The van der Waals surface area contributed by atoms with Crippen molar-refractivity contribution >= 4 is 11.8 Å². The van der Waals surface area contributed by atoms with E-state index in [-0.39, 0.29) is 12.5 Å². The molecule has 0 aliphatic heterocycles. The maximum absolute atomic E-state index is 13.0. The monoisotopic (exact) mass is 351 g/mol. The summed E-state index contributed by atoms with van der Waals surface area (Å²) in [7, 11) is 1.98. The predicted molar refractivity (Wildman–Crippen MR) is 102 cm³/mol. The second-order valence-corrected chi connectivity index (χ2v) is 6.96. The summed E-state index contributed by atoms with van der Waals surface area (Å²) in [6.45, 7) is 0.617. The average molecular weight is 351 g/mol. The van der Waals surface area contributed by atoms with Gasteiger partial charge >= 0.3 is 0 Å². The number of nitrogens with one attached hydrogen (secondary N) is 1. The number of hydrogen-bond donors (Lipinski definition) is 2. The van der Waals surface area contributed by atoms with Crippen molar-refractivity contribution in [1.82, 2.24) is 10.2 Å². The molecule has 26 heavy (non-hydrogen) atoms. The number of nitrogens with two attached hydrogens (primary N) is 1. The molecule has 0 fully saturated rings. The van der Waals surface area contributed by atoms with Crippen molar-refractivity contribution in [2.45, 2.75) is 24.8 Å². The standard InChI is InChI=1S/C21H25N3O2/c1-24(12-11-16-7-3-2-4-8-16)21(20(26)23-15-19(22)25)13-17-9-5-6-10-18(17)14-21/h2-10H,11-15H2,1H3,(H2,22,25)(H,23,26). The molecular weight excluding hydrogens is 326 g/mol. The Kier molecular flexibility index (Phi) is 5.38. The lowest BCUT2D eigenvalue weighted by Crippen LogP contribution is -2.59. The van der Waals surface area contributed by atoms with Crippen LogP contribution in [0.3, 0.4) is 0 Å². The fraction of sp³-hybridized carbons (Fsp3) is 0.333. The molecule has 5 nitrogen and oxygen atoms in total. The summed E-state index contributed by atoms with van der Waals surface area (Å²) in [5, 5.41) is 2.72. The summed E-state index contributed by atoms with van der Waals surface area (Å²) >= 11 is 0. The Balaban J connectivity index is 1.79. The fourth-order valence-electron chi connectivity index (χ4n) is 3.69. The topological polar surface area (TPSA) is 75.4 Å². The van der Waals surface area contributed by atoms with E-state index >= 15 is 0 Å². The van der Waals surface area contributed by atoms with Gasteiger partial charge in [-0.25, -0.2) is 0 Å². The first-order valence-electron chi connectivity index (χ1n) is 8.90. The molecular formula is C21H25N3O2. The Hall–Kier alpha value is -2.66. The van der Waals surface area contributed by atoms with E-state index in [9.17, 15) is 9.59 Å². The van der Waals surface area contributed by atoms with Crippen LogP contribution in [0.1, 0.15) is 16.7 Å². The molecule has 0 saturated carbocycles. The molecule has 3 rings (SSSR count).